The lowest BCUT2D eigenvalue weighted by atomic mass is 10.2. The highest BCUT2D eigenvalue weighted by Crippen LogP contribution is 2.26. The number of benzene rings is 3. The third kappa shape index (κ3) is 4.88. The number of hydrogen-bond acceptors (Lipinski definition) is 2. The molecule has 0 fully saturated rings. The standard InChI is InChI=1S/C20H16Cl2FNO/c21-16-6-9-20(25-13-14-4-2-1-3-5-14)15(10-16)12-24-17-7-8-19(23)18(22)11-17/h1-11,24H,12-13H2. The summed E-state index contributed by atoms with van der Waals surface area (Å²) in [5.74, 6) is 0.302. The van der Waals surface area contributed by atoms with Gasteiger partial charge in [-0.2, -0.15) is 0 Å². The highest BCUT2D eigenvalue weighted by Gasteiger charge is 2.07. The average Bonchev–Trinajstić information content (AvgIpc) is 2.63. The third-order valence-electron chi connectivity index (χ3n) is 3.66. The van der Waals surface area contributed by atoms with Crippen LogP contribution in [-0.4, -0.2) is 0 Å². The normalized spacial score (nSPS) is 10.5. The van der Waals surface area contributed by atoms with Gasteiger partial charge in [-0.15, -0.1) is 0 Å². The number of hydrogen-bond donors (Lipinski definition) is 1. The van der Waals surface area contributed by atoms with Crippen molar-refractivity contribution in [3.63, 3.8) is 0 Å². The molecular weight excluding hydrogens is 360 g/mol. The molecule has 5 heteroatoms. The lowest BCUT2D eigenvalue weighted by Gasteiger charge is -2.14. The van der Waals surface area contributed by atoms with E-state index < -0.39 is 5.82 Å². The monoisotopic (exact) mass is 375 g/mol. The van der Waals surface area contributed by atoms with E-state index in [9.17, 15) is 4.39 Å². The van der Waals surface area contributed by atoms with E-state index in [1.807, 2.05) is 42.5 Å². The van der Waals surface area contributed by atoms with Gasteiger partial charge in [0.15, 0.2) is 0 Å². The molecule has 0 aromatic heterocycles. The highest BCUT2D eigenvalue weighted by molar-refractivity contribution is 6.31. The molecule has 0 aliphatic rings. The molecule has 0 aliphatic carbocycles. The van der Waals surface area contributed by atoms with E-state index in [1.54, 1.807) is 18.2 Å². The molecule has 0 radical (unpaired) electrons. The summed E-state index contributed by atoms with van der Waals surface area (Å²) in [5, 5.41) is 3.91. The van der Waals surface area contributed by atoms with Gasteiger partial charge in [0, 0.05) is 22.8 Å². The second kappa shape index (κ2) is 8.24. The number of rotatable bonds is 6. The maximum atomic E-state index is 13.2. The Morgan fingerprint density at radius 3 is 2.48 bits per heavy atom. The van der Waals surface area contributed by atoms with Crippen molar-refractivity contribution in [2.75, 3.05) is 5.32 Å². The number of halogens is 3. The van der Waals surface area contributed by atoms with E-state index >= 15 is 0 Å². The second-order valence-electron chi connectivity index (χ2n) is 5.51. The predicted octanol–water partition coefficient (Wildman–Crippen LogP) is 6.32. The van der Waals surface area contributed by atoms with E-state index in [4.69, 9.17) is 27.9 Å². The first-order chi connectivity index (χ1) is 12.1. The van der Waals surface area contributed by atoms with E-state index in [-0.39, 0.29) is 5.02 Å². The van der Waals surface area contributed by atoms with Crippen LogP contribution in [0.1, 0.15) is 11.1 Å². The van der Waals surface area contributed by atoms with Crippen LogP contribution in [-0.2, 0) is 13.2 Å². The molecule has 3 rings (SSSR count). The molecule has 0 atom stereocenters. The maximum absolute atomic E-state index is 13.2. The molecule has 0 amide bonds. The van der Waals surface area contributed by atoms with E-state index in [0.717, 1.165) is 22.6 Å². The SMILES string of the molecule is Fc1ccc(NCc2cc(Cl)ccc2OCc2ccccc2)cc1Cl. The molecule has 1 N–H and O–H groups in total. The van der Waals surface area contributed by atoms with Gasteiger partial charge in [0.2, 0.25) is 0 Å². The Hall–Kier alpha value is -2.23. The minimum atomic E-state index is -0.443. The number of ether oxygens (including phenoxy) is 1. The van der Waals surface area contributed by atoms with Crippen LogP contribution >= 0.6 is 23.2 Å². The summed E-state index contributed by atoms with van der Waals surface area (Å²) < 4.78 is 19.2. The zero-order chi connectivity index (χ0) is 17.6. The minimum absolute atomic E-state index is 0.0802. The molecule has 0 saturated carbocycles. The Kier molecular flexibility index (Phi) is 5.79. The summed E-state index contributed by atoms with van der Waals surface area (Å²) in [6.45, 7) is 0.949. The van der Waals surface area contributed by atoms with Gasteiger partial charge < -0.3 is 10.1 Å². The van der Waals surface area contributed by atoms with Gasteiger partial charge in [-0.1, -0.05) is 53.5 Å². The van der Waals surface area contributed by atoms with Crippen LogP contribution in [0.3, 0.4) is 0 Å². The van der Waals surface area contributed by atoms with Crippen LogP contribution < -0.4 is 10.1 Å². The van der Waals surface area contributed by atoms with Crippen molar-refractivity contribution in [3.05, 3.63) is 93.7 Å². The molecule has 3 aromatic carbocycles. The van der Waals surface area contributed by atoms with Gasteiger partial charge in [0.1, 0.15) is 18.2 Å². The number of anilines is 1. The average molecular weight is 376 g/mol. The van der Waals surface area contributed by atoms with Crippen LogP contribution in [0.5, 0.6) is 5.75 Å². The molecule has 0 saturated heterocycles. The van der Waals surface area contributed by atoms with Gasteiger partial charge in [0.05, 0.1) is 5.02 Å². The second-order valence-corrected chi connectivity index (χ2v) is 6.35. The molecule has 0 unspecified atom stereocenters. The fourth-order valence-corrected chi connectivity index (χ4v) is 2.74. The molecule has 25 heavy (non-hydrogen) atoms. The molecule has 0 heterocycles. The first kappa shape index (κ1) is 17.6. The predicted molar refractivity (Wildman–Crippen MR) is 101 cm³/mol. The fraction of sp³-hybridized carbons (Fsp3) is 0.100. The molecule has 0 aliphatic heterocycles. The van der Waals surface area contributed by atoms with Gasteiger partial charge >= 0.3 is 0 Å². The van der Waals surface area contributed by atoms with Crippen LogP contribution in [0.4, 0.5) is 10.1 Å². The fourth-order valence-electron chi connectivity index (χ4n) is 2.37. The van der Waals surface area contributed by atoms with E-state index in [1.165, 1.54) is 6.07 Å². The zero-order valence-corrected chi connectivity index (χ0v) is 14.8. The smallest absolute Gasteiger partial charge is 0.141 e. The molecule has 0 spiro atoms. The summed E-state index contributed by atoms with van der Waals surface area (Å²) in [4.78, 5) is 0. The van der Waals surface area contributed by atoms with E-state index in [0.29, 0.717) is 18.2 Å². The van der Waals surface area contributed by atoms with Crippen molar-refractivity contribution in [1.82, 2.24) is 0 Å². The molecule has 0 bridgehead atoms. The Labute approximate surface area is 156 Å². The van der Waals surface area contributed by atoms with Crippen molar-refractivity contribution >= 4 is 28.9 Å². The van der Waals surface area contributed by atoms with Crippen molar-refractivity contribution in [3.8, 4) is 5.75 Å². The Bertz CT molecular complexity index is 856. The van der Waals surface area contributed by atoms with E-state index in [2.05, 4.69) is 5.32 Å². The summed E-state index contributed by atoms with van der Waals surface area (Å²) in [5.41, 5.74) is 2.71. The highest BCUT2D eigenvalue weighted by atomic mass is 35.5. The minimum Gasteiger partial charge on any atom is -0.489 e. The summed E-state index contributed by atoms with van der Waals surface area (Å²) in [6.07, 6.45) is 0. The molecule has 3 aromatic rings. The van der Waals surface area contributed by atoms with Gasteiger partial charge in [-0.3, -0.25) is 0 Å². The molecule has 2 nitrogen and oxygen atoms in total. The molecule has 128 valence electrons. The van der Waals surface area contributed by atoms with Crippen LogP contribution in [0.15, 0.2) is 66.7 Å². The largest absolute Gasteiger partial charge is 0.489 e. The van der Waals surface area contributed by atoms with Crippen molar-refractivity contribution in [1.29, 1.82) is 0 Å². The van der Waals surface area contributed by atoms with Crippen molar-refractivity contribution < 1.29 is 9.13 Å². The summed E-state index contributed by atoms with van der Waals surface area (Å²) in [6, 6.07) is 19.9. The third-order valence-corrected chi connectivity index (χ3v) is 4.19. The number of nitrogens with one attached hydrogen (secondary N) is 1. The summed E-state index contributed by atoms with van der Waals surface area (Å²) >= 11 is 11.9. The molecular formula is C20H16Cl2FNO. The van der Waals surface area contributed by atoms with Crippen LogP contribution in [0.25, 0.3) is 0 Å². The quantitative estimate of drug-likeness (QED) is 0.543. The Morgan fingerprint density at radius 2 is 1.72 bits per heavy atom. The first-order valence-electron chi connectivity index (χ1n) is 7.76. The van der Waals surface area contributed by atoms with Crippen molar-refractivity contribution in [2.45, 2.75) is 13.2 Å². The first-order valence-corrected chi connectivity index (χ1v) is 8.51. The maximum Gasteiger partial charge on any atom is 0.141 e. The topological polar surface area (TPSA) is 21.3 Å². The van der Waals surface area contributed by atoms with Gasteiger partial charge in [-0.05, 0) is 42.0 Å². The zero-order valence-electron chi connectivity index (χ0n) is 13.3. The van der Waals surface area contributed by atoms with Crippen LogP contribution in [0.2, 0.25) is 10.0 Å². The Balaban J connectivity index is 1.71. The summed E-state index contributed by atoms with van der Waals surface area (Å²) in [7, 11) is 0. The van der Waals surface area contributed by atoms with Gasteiger partial charge in [-0.25, -0.2) is 4.39 Å². The lowest BCUT2D eigenvalue weighted by molar-refractivity contribution is 0.303. The lowest BCUT2D eigenvalue weighted by Crippen LogP contribution is -2.04. The Morgan fingerprint density at radius 1 is 0.920 bits per heavy atom. The van der Waals surface area contributed by atoms with Gasteiger partial charge in [0.25, 0.3) is 0 Å². The van der Waals surface area contributed by atoms with Crippen molar-refractivity contribution in [2.24, 2.45) is 0 Å². The van der Waals surface area contributed by atoms with Crippen LogP contribution in [0, 0.1) is 5.82 Å².